The lowest BCUT2D eigenvalue weighted by atomic mass is 9.82. The van der Waals surface area contributed by atoms with Crippen LogP contribution in [0.5, 0.6) is 0 Å². The third kappa shape index (κ3) is 12.0. The first-order valence-corrected chi connectivity index (χ1v) is 9.46. The number of rotatable bonds is 6. The summed E-state index contributed by atoms with van der Waals surface area (Å²) in [6.07, 6.45) is 8.03. The van der Waals surface area contributed by atoms with Crippen molar-refractivity contribution in [2.24, 2.45) is 17.8 Å². The maximum atomic E-state index is 3.98. The van der Waals surface area contributed by atoms with E-state index in [1.54, 1.807) is 11.8 Å². The van der Waals surface area contributed by atoms with Gasteiger partial charge in [0.05, 0.1) is 0 Å². The Kier molecular flexibility index (Phi) is 16.6. The Bertz CT molecular complexity index is 380. The van der Waals surface area contributed by atoms with Gasteiger partial charge < -0.3 is 0 Å². The Morgan fingerprint density at radius 1 is 1.09 bits per heavy atom. The smallest absolute Gasteiger partial charge is 0.0372 e. The highest BCUT2D eigenvalue weighted by atomic mass is 14.6. The predicted octanol–water partition coefficient (Wildman–Crippen LogP) is 7.47. The van der Waals surface area contributed by atoms with Crippen molar-refractivity contribution in [2.75, 3.05) is 0 Å². The number of aromatic nitrogens is 1. The van der Waals surface area contributed by atoms with Crippen molar-refractivity contribution in [3.8, 4) is 0 Å². The average molecular weight is 320 g/mol. The molecule has 3 atom stereocenters. The van der Waals surface area contributed by atoms with E-state index in [9.17, 15) is 0 Å². The molecule has 0 spiro atoms. The van der Waals surface area contributed by atoms with Crippen LogP contribution in [0.3, 0.4) is 0 Å². The molecule has 0 aliphatic heterocycles. The Balaban J connectivity index is 0. The van der Waals surface area contributed by atoms with E-state index in [-0.39, 0.29) is 0 Å². The van der Waals surface area contributed by atoms with Gasteiger partial charge in [0.1, 0.15) is 0 Å². The van der Waals surface area contributed by atoms with Crippen molar-refractivity contribution in [2.45, 2.75) is 81.6 Å². The Morgan fingerprint density at radius 3 is 2.00 bits per heavy atom. The van der Waals surface area contributed by atoms with Crippen LogP contribution in [0, 0.1) is 24.7 Å². The fourth-order valence-electron chi connectivity index (χ4n) is 2.44. The molecule has 1 nitrogen and oxygen atoms in total. The minimum absolute atomic E-state index is 0.809. The van der Waals surface area contributed by atoms with Gasteiger partial charge in [-0.2, -0.15) is 0 Å². The summed E-state index contributed by atoms with van der Waals surface area (Å²) in [6, 6.07) is 5.86. The molecule has 0 aromatic carbocycles. The molecule has 0 saturated heterocycles. The molecular weight excluding hydrogens is 278 g/mol. The maximum Gasteiger partial charge on any atom is 0.0372 e. The van der Waals surface area contributed by atoms with Crippen LogP contribution in [0.15, 0.2) is 36.0 Å². The molecule has 0 bridgehead atoms. The van der Waals surface area contributed by atoms with Crippen LogP contribution in [-0.4, -0.2) is 4.98 Å². The molecule has 0 radical (unpaired) electrons. The van der Waals surface area contributed by atoms with Crippen molar-refractivity contribution in [1.29, 1.82) is 0 Å². The van der Waals surface area contributed by atoms with Crippen molar-refractivity contribution in [3.63, 3.8) is 0 Å². The van der Waals surface area contributed by atoms with Crippen LogP contribution in [0.25, 0.3) is 0 Å². The summed E-state index contributed by atoms with van der Waals surface area (Å²) in [4.78, 5) is 3.98. The molecular formula is C22H41N. The predicted molar refractivity (Wildman–Crippen MR) is 107 cm³/mol. The van der Waals surface area contributed by atoms with Crippen molar-refractivity contribution >= 4 is 0 Å². The zero-order chi connectivity index (χ0) is 18.3. The van der Waals surface area contributed by atoms with Crippen LogP contribution in [-0.2, 0) is 0 Å². The number of hydrogen-bond donors (Lipinski definition) is 0. The van der Waals surface area contributed by atoms with Crippen molar-refractivity contribution in [3.05, 3.63) is 41.7 Å². The third-order valence-corrected chi connectivity index (χ3v) is 4.68. The largest absolute Gasteiger partial charge is 0.262 e. The molecule has 23 heavy (non-hydrogen) atoms. The lowest BCUT2D eigenvalue weighted by molar-refractivity contribution is 0.311. The minimum atomic E-state index is 0.809. The second-order valence-corrected chi connectivity index (χ2v) is 6.21. The van der Waals surface area contributed by atoms with E-state index in [0.717, 1.165) is 23.4 Å². The van der Waals surface area contributed by atoms with E-state index in [1.807, 2.05) is 39.0 Å². The lowest BCUT2D eigenvalue weighted by Gasteiger charge is -2.24. The van der Waals surface area contributed by atoms with Crippen LogP contribution < -0.4 is 0 Å². The molecule has 0 aliphatic carbocycles. The summed E-state index contributed by atoms with van der Waals surface area (Å²) in [5.74, 6) is 2.54. The summed E-state index contributed by atoms with van der Waals surface area (Å²) >= 11 is 0. The normalized spacial score (nSPS) is 14.6. The second kappa shape index (κ2) is 15.8. The maximum absolute atomic E-state index is 3.98. The van der Waals surface area contributed by atoms with E-state index in [1.165, 1.54) is 19.3 Å². The summed E-state index contributed by atoms with van der Waals surface area (Å²) in [6.45, 7) is 19.8. The summed E-state index contributed by atoms with van der Waals surface area (Å²) < 4.78 is 0. The number of hydrogen-bond acceptors (Lipinski definition) is 1. The molecule has 1 heteroatoms. The monoisotopic (exact) mass is 319 g/mol. The average Bonchev–Trinajstić information content (AvgIpc) is 2.60. The first-order valence-electron chi connectivity index (χ1n) is 9.46. The zero-order valence-corrected chi connectivity index (χ0v) is 17.2. The number of allylic oxidation sites excluding steroid dienone is 2. The highest BCUT2D eigenvalue weighted by Gasteiger charge is 2.16. The van der Waals surface area contributed by atoms with Gasteiger partial charge in [-0.1, -0.05) is 65.7 Å². The van der Waals surface area contributed by atoms with Gasteiger partial charge in [0, 0.05) is 11.9 Å². The van der Waals surface area contributed by atoms with Crippen LogP contribution >= 0.6 is 0 Å². The highest BCUT2D eigenvalue weighted by Crippen LogP contribution is 2.28. The minimum Gasteiger partial charge on any atom is -0.262 e. The molecule has 134 valence electrons. The van der Waals surface area contributed by atoms with Crippen molar-refractivity contribution < 1.29 is 0 Å². The molecule has 0 N–H and O–H groups in total. The quantitative estimate of drug-likeness (QED) is 0.495. The number of aryl methyl sites for hydroxylation is 1. The van der Waals surface area contributed by atoms with E-state index < -0.39 is 0 Å². The fourth-order valence-corrected chi connectivity index (χ4v) is 2.44. The highest BCUT2D eigenvalue weighted by molar-refractivity contribution is 5.01. The summed E-state index contributed by atoms with van der Waals surface area (Å²) in [5.41, 5.74) is 2.64. The van der Waals surface area contributed by atoms with Gasteiger partial charge in [-0.3, -0.25) is 4.98 Å². The van der Waals surface area contributed by atoms with Gasteiger partial charge in [-0.05, 0) is 63.5 Å². The SMILES string of the molecule is C/C=C(\C)C(CC)CC(C)C(C)CC.CC.Cc1ccccn1. The third-order valence-electron chi connectivity index (χ3n) is 4.68. The molecule has 0 amide bonds. The molecule has 1 aromatic rings. The van der Waals surface area contributed by atoms with Gasteiger partial charge in [0.25, 0.3) is 0 Å². The first kappa shape index (κ1) is 24.1. The van der Waals surface area contributed by atoms with Crippen molar-refractivity contribution in [1.82, 2.24) is 4.98 Å². The molecule has 1 aromatic heterocycles. The van der Waals surface area contributed by atoms with E-state index in [0.29, 0.717) is 0 Å². The van der Waals surface area contributed by atoms with Crippen LogP contribution in [0.4, 0.5) is 0 Å². The molecule has 0 fully saturated rings. The first-order chi connectivity index (χ1) is 11.0. The molecule has 1 heterocycles. The number of pyridine rings is 1. The van der Waals surface area contributed by atoms with Gasteiger partial charge in [0.15, 0.2) is 0 Å². The Labute approximate surface area is 146 Å². The van der Waals surface area contributed by atoms with E-state index in [4.69, 9.17) is 0 Å². The molecule has 0 saturated carbocycles. The van der Waals surface area contributed by atoms with Gasteiger partial charge in [-0.15, -0.1) is 0 Å². The van der Waals surface area contributed by atoms with Gasteiger partial charge >= 0.3 is 0 Å². The van der Waals surface area contributed by atoms with Crippen LogP contribution in [0.1, 0.15) is 80.3 Å². The topological polar surface area (TPSA) is 12.9 Å². The summed E-state index contributed by atoms with van der Waals surface area (Å²) in [5, 5.41) is 0. The van der Waals surface area contributed by atoms with Crippen LogP contribution in [0.2, 0.25) is 0 Å². The van der Waals surface area contributed by atoms with Gasteiger partial charge in [0.2, 0.25) is 0 Å². The Hall–Kier alpha value is -1.11. The Morgan fingerprint density at radius 2 is 1.70 bits per heavy atom. The standard InChI is InChI=1S/C14H28.C6H7N.C2H6/c1-7-11(4)13(6)10-14(9-3)12(5)8-2;1-6-4-2-3-5-7-6;1-2/h8,11,13-14H,7,9-10H2,1-6H3;2-5H,1H3;1-2H3/b12-8+;;. The van der Waals surface area contributed by atoms with E-state index >= 15 is 0 Å². The van der Waals surface area contributed by atoms with Gasteiger partial charge in [-0.25, -0.2) is 0 Å². The lowest BCUT2D eigenvalue weighted by Crippen LogP contribution is -2.13. The fraction of sp³-hybridized carbons (Fsp3) is 0.682. The molecule has 0 aliphatic rings. The molecule has 1 rings (SSSR count). The second-order valence-electron chi connectivity index (χ2n) is 6.21. The summed E-state index contributed by atoms with van der Waals surface area (Å²) in [7, 11) is 0. The molecule has 3 unspecified atom stereocenters. The van der Waals surface area contributed by atoms with E-state index in [2.05, 4.69) is 52.6 Å². The zero-order valence-electron chi connectivity index (χ0n) is 17.2. The number of nitrogens with zero attached hydrogens (tertiary/aromatic N) is 1.